The molecule has 0 saturated carbocycles. The molecule has 214 valence electrons. The molecule has 0 radical (unpaired) electrons. The van der Waals surface area contributed by atoms with Crippen LogP contribution in [-0.2, 0) is 26.2 Å². The van der Waals surface area contributed by atoms with Crippen molar-refractivity contribution in [1.82, 2.24) is 10.2 Å². The number of nitrogens with zero attached hydrogens (tertiary/aromatic N) is 2. The van der Waals surface area contributed by atoms with Gasteiger partial charge in [-0.15, -0.1) is 0 Å². The van der Waals surface area contributed by atoms with E-state index >= 15 is 0 Å². The lowest BCUT2D eigenvalue weighted by atomic mass is 10.1. The van der Waals surface area contributed by atoms with Crippen LogP contribution in [0, 0.1) is 0 Å². The molecule has 0 fully saturated rings. The summed E-state index contributed by atoms with van der Waals surface area (Å²) in [5, 5.41) is 3.94. The minimum absolute atomic E-state index is 0.0317. The lowest BCUT2D eigenvalue weighted by Crippen LogP contribution is -2.53. The molecule has 0 aliphatic rings. The number of hydrogen-bond donors (Lipinski definition) is 1. The van der Waals surface area contributed by atoms with Gasteiger partial charge in [0.2, 0.25) is 11.8 Å². The van der Waals surface area contributed by atoms with Crippen molar-refractivity contribution in [2.75, 3.05) is 10.8 Å². The number of carbonyl (C=O) groups is 2. The molecule has 40 heavy (non-hydrogen) atoms. The van der Waals surface area contributed by atoms with Crippen LogP contribution in [0.15, 0.2) is 71.6 Å². The summed E-state index contributed by atoms with van der Waals surface area (Å²) >= 11 is 24.9. The molecule has 1 atom stereocenters. The van der Waals surface area contributed by atoms with Gasteiger partial charge in [0.1, 0.15) is 12.6 Å². The molecule has 1 N–H and O–H groups in total. The zero-order chi connectivity index (χ0) is 29.6. The lowest BCUT2D eigenvalue weighted by molar-refractivity contribution is -0.140. The average Bonchev–Trinajstić information content (AvgIpc) is 2.87. The Kier molecular flexibility index (Phi) is 11.1. The fourth-order valence-corrected chi connectivity index (χ4v) is 6.47. The summed E-state index contributed by atoms with van der Waals surface area (Å²) in [4.78, 5) is 28.5. The largest absolute Gasteiger partial charge is 0.352 e. The number of rotatable bonds is 11. The molecule has 0 aliphatic carbocycles. The Hall–Kier alpha value is -2.49. The second-order valence-corrected chi connectivity index (χ2v) is 12.9. The quantitative estimate of drug-likeness (QED) is 0.248. The lowest BCUT2D eigenvalue weighted by Gasteiger charge is -2.33. The summed E-state index contributed by atoms with van der Waals surface area (Å²) in [6.07, 6.45) is 0.268. The zero-order valence-electron chi connectivity index (χ0n) is 22.1. The molecule has 3 aromatic carbocycles. The van der Waals surface area contributed by atoms with Gasteiger partial charge >= 0.3 is 0 Å². The topological polar surface area (TPSA) is 86.8 Å². The normalized spacial score (nSPS) is 12.2. The van der Waals surface area contributed by atoms with E-state index in [1.807, 2.05) is 13.8 Å². The van der Waals surface area contributed by atoms with Crippen molar-refractivity contribution in [3.05, 3.63) is 92.4 Å². The monoisotopic (exact) mass is 643 g/mol. The molecule has 7 nitrogen and oxygen atoms in total. The first-order valence-electron chi connectivity index (χ1n) is 12.4. The maximum atomic E-state index is 14.1. The zero-order valence-corrected chi connectivity index (χ0v) is 25.9. The van der Waals surface area contributed by atoms with Crippen LogP contribution in [0.3, 0.4) is 0 Å². The smallest absolute Gasteiger partial charge is 0.264 e. The van der Waals surface area contributed by atoms with Crippen LogP contribution < -0.4 is 9.62 Å². The van der Waals surface area contributed by atoms with E-state index in [1.165, 1.54) is 41.3 Å². The van der Waals surface area contributed by atoms with Gasteiger partial charge in [-0.2, -0.15) is 0 Å². The van der Waals surface area contributed by atoms with Crippen LogP contribution >= 0.6 is 46.4 Å². The maximum absolute atomic E-state index is 14.1. The number of anilines is 1. The highest BCUT2D eigenvalue weighted by molar-refractivity contribution is 7.92. The van der Waals surface area contributed by atoms with Crippen molar-refractivity contribution in [3.8, 4) is 0 Å². The number of carbonyl (C=O) groups excluding carboxylic acids is 2. The summed E-state index contributed by atoms with van der Waals surface area (Å²) < 4.78 is 28.6. The third-order valence-electron chi connectivity index (χ3n) is 5.92. The second kappa shape index (κ2) is 13.9. The first-order valence-corrected chi connectivity index (χ1v) is 15.4. The predicted octanol–water partition coefficient (Wildman–Crippen LogP) is 6.83. The molecule has 3 rings (SSSR count). The Bertz CT molecular complexity index is 1450. The molecular formula is C28H29Cl4N3O4S. The van der Waals surface area contributed by atoms with Crippen molar-refractivity contribution in [2.24, 2.45) is 0 Å². The van der Waals surface area contributed by atoms with E-state index in [1.54, 1.807) is 37.3 Å². The van der Waals surface area contributed by atoms with Crippen molar-refractivity contribution in [1.29, 1.82) is 0 Å². The van der Waals surface area contributed by atoms with Crippen LogP contribution in [-0.4, -0.2) is 43.8 Å². The minimum Gasteiger partial charge on any atom is -0.352 e. The number of sulfonamides is 1. The highest BCUT2D eigenvalue weighted by atomic mass is 35.5. The molecule has 12 heteroatoms. The fourth-order valence-electron chi connectivity index (χ4n) is 4.07. The van der Waals surface area contributed by atoms with Crippen LogP contribution in [0.5, 0.6) is 0 Å². The molecule has 0 spiro atoms. The molecule has 0 aliphatic heterocycles. The van der Waals surface area contributed by atoms with E-state index in [-0.39, 0.29) is 45.5 Å². The number of hydrogen-bond acceptors (Lipinski definition) is 4. The Labute approximate surface area is 255 Å². The van der Waals surface area contributed by atoms with Gasteiger partial charge in [-0.3, -0.25) is 13.9 Å². The number of nitrogens with one attached hydrogen (secondary N) is 1. The first kappa shape index (κ1) is 32.0. The molecule has 0 bridgehead atoms. The highest BCUT2D eigenvalue weighted by Crippen LogP contribution is 2.30. The van der Waals surface area contributed by atoms with Gasteiger partial charge in [0, 0.05) is 32.7 Å². The Balaban J connectivity index is 2.11. The van der Waals surface area contributed by atoms with Crippen molar-refractivity contribution >= 4 is 73.9 Å². The summed E-state index contributed by atoms with van der Waals surface area (Å²) in [6, 6.07) is 15.7. The molecule has 3 aromatic rings. The number of halogens is 4. The summed E-state index contributed by atoms with van der Waals surface area (Å²) in [5.74, 6) is -1.01. The number of amides is 2. The van der Waals surface area contributed by atoms with E-state index in [2.05, 4.69) is 5.32 Å². The van der Waals surface area contributed by atoms with Crippen molar-refractivity contribution < 1.29 is 18.0 Å². The summed E-state index contributed by atoms with van der Waals surface area (Å²) in [6.45, 7) is 4.69. The molecule has 1 unspecified atom stereocenters. The molecule has 0 aromatic heterocycles. The molecule has 2 amide bonds. The van der Waals surface area contributed by atoms with E-state index < -0.39 is 28.5 Å². The predicted molar refractivity (Wildman–Crippen MR) is 162 cm³/mol. The van der Waals surface area contributed by atoms with Gasteiger partial charge < -0.3 is 10.2 Å². The second-order valence-electron chi connectivity index (χ2n) is 9.30. The van der Waals surface area contributed by atoms with E-state index in [0.29, 0.717) is 15.6 Å². The summed E-state index contributed by atoms with van der Waals surface area (Å²) in [5.41, 5.74) is 0.636. The van der Waals surface area contributed by atoms with Gasteiger partial charge in [-0.25, -0.2) is 8.42 Å². The van der Waals surface area contributed by atoms with Gasteiger partial charge in [-0.05, 0) is 68.3 Å². The Morgan fingerprint density at radius 2 is 1.50 bits per heavy atom. The van der Waals surface area contributed by atoms with Crippen molar-refractivity contribution in [3.63, 3.8) is 0 Å². The van der Waals surface area contributed by atoms with Gasteiger partial charge in [0.25, 0.3) is 10.0 Å². The standard InChI is InChI=1S/C28H29Cl4N3O4S/c1-4-26(28(37)33-18(2)3)34(16-19-10-11-20(29)15-25(19)32)27(36)17-35(23-13-21(30)12-22(31)14-23)40(38,39)24-8-6-5-7-9-24/h5-15,18,26H,4,16-17H2,1-3H3,(H,33,37). The third-order valence-corrected chi connectivity index (χ3v) is 8.73. The van der Waals surface area contributed by atoms with Gasteiger partial charge in [0.05, 0.1) is 10.6 Å². The highest BCUT2D eigenvalue weighted by Gasteiger charge is 2.34. The Morgan fingerprint density at radius 1 is 0.875 bits per heavy atom. The number of benzene rings is 3. The SMILES string of the molecule is CCC(C(=O)NC(C)C)N(Cc1ccc(Cl)cc1Cl)C(=O)CN(c1cc(Cl)cc(Cl)c1)S(=O)(=O)c1ccccc1. The van der Waals surface area contributed by atoms with E-state index in [0.717, 1.165) is 4.31 Å². The van der Waals surface area contributed by atoms with Crippen LogP contribution in [0.1, 0.15) is 32.8 Å². The van der Waals surface area contributed by atoms with Gasteiger partial charge in [-0.1, -0.05) is 77.6 Å². The van der Waals surface area contributed by atoms with E-state index in [9.17, 15) is 18.0 Å². The van der Waals surface area contributed by atoms with Crippen LogP contribution in [0.25, 0.3) is 0 Å². The summed E-state index contributed by atoms with van der Waals surface area (Å²) in [7, 11) is -4.25. The van der Waals surface area contributed by atoms with Crippen molar-refractivity contribution in [2.45, 2.75) is 50.7 Å². The molecule has 0 heterocycles. The fraction of sp³-hybridized carbons (Fsp3) is 0.286. The van der Waals surface area contributed by atoms with Gasteiger partial charge in [0.15, 0.2) is 0 Å². The Morgan fingerprint density at radius 3 is 2.05 bits per heavy atom. The van der Waals surface area contributed by atoms with Crippen LogP contribution in [0.4, 0.5) is 5.69 Å². The molecular weight excluding hydrogens is 616 g/mol. The maximum Gasteiger partial charge on any atom is 0.264 e. The third kappa shape index (κ3) is 8.04. The van der Waals surface area contributed by atoms with E-state index in [4.69, 9.17) is 46.4 Å². The first-order chi connectivity index (χ1) is 18.8. The average molecular weight is 645 g/mol. The van der Waals surface area contributed by atoms with Crippen LogP contribution in [0.2, 0.25) is 20.1 Å². The minimum atomic E-state index is -4.25. The molecule has 0 saturated heterocycles.